The highest BCUT2D eigenvalue weighted by Gasteiger charge is 2.31. The molecule has 182 valence electrons. The van der Waals surface area contributed by atoms with Gasteiger partial charge in [-0.3, -0.25) is 24.0 Å². The molecule has 0 aromatic heterocycles. The number of hydrogen-bond donors (Lipinski definition) is 9. The first-order chi connectivity index (χ1) is 14.8. The molecule has 0 radical (unpaired) electrons. The molecule has 0 aliphatic carbocycles. The lowest BCUT2D eigenvalue weighted by molar-refractivity contribution is -0.145. The predicted octanol–water partition coefficient (Wildman–Crippen LogP) is -4.31. The lowest BCUT2D eigenvalue weighted by Gasteiger charge is -2.25. The van der Waals surface area contributed by atoms with Crippen molar-refractivity contribution in [1.29, 1.82) is 0 Å². The van der Waals surface area contributed by atoms with E-state index in [0.717, 1.165) is 6.92 Å². The van der Waals surface area contributed by atoms with Gasteiger partial charge in [0.15, 0.2) is 6.04 Å². The van der Waals surface area contributed by atoms with E-state index in [0.29, 0.717) is 0 Å². The molecule has 14 nitrogen and oxygen atoms in total. The molecule has 0 spiro atoms. The zero-order chi connectivity index (χ0) is 25.0. The van der Waals surface area contributed by atoms with Gasteiger partial charge < -0.3 is 43.4 Å². The Kier molecular flexibility index (Phi) is 12.9. The average Bonchev–Trinajstić information content (AvgIpc) is 2.69. The fraction of sp³-hybridized carbons (Fsp3) is 0.647. The lowest BCUT2D eigenvalue weighted by Crippen LogP contribution is -2.58. The number of aliphatic hydroxyl groups excluding tert-OH is 1. The monoisotopic (exact) mass is 478 g/mol. The second-order valence-corrected chi connectivity index (χ2v) is 7.35. The maximum Gasteiger partial charge on any atom is 0.328 e. The van der Waals surface area contributed by atoms with E-state index in [9.17, 15) is 33.9 Å². The van der Waals surface area contributed by atoms with Crippen LogP contribution in [0.25, 0.3) is 0 Å². The fourth-order valence-corrected chi connectivity index (χ4v) is 2.63. The van der Waals surface area contributed by atoms with Crippen LogP contribution in [-0.2, 0) is 28.8 Å². The Bertz CT molecular complexity index is 719. The molecule has 5 amide bonds. The minimum Gasteiger partial charge on any atom is -0.480 e. The summed E-state index contributed by atoms with van der Waals surface area (Å²) >= 11 is 3.98. The van der Waals surface area contributed by atoms with Crippen LogP contribution in [0.3, 0.4) is 0 Å². The van der Waals surface area contributed by atoms with Gasteiger partial charge in [-0.2, -0.15) is 12.6 Å². The smallest absolute Gasteiger partial charge is 0.328 e. The van der Waals surface area contributed by atoms with Crippen LogP contribution in [0.4, 0.5) is 0 Å². The Hall–Kier alpha value is -2.91. The van der Waals surface area contributed by atoms with Crippen LogP contribution in [0.1, 0.15) is 32.6 Å². The molecule has 0 aliphatic heterocycles. The van der Waals surface area contributed by atoms with E-state index >= 15 is 0 Å². The number of hydrogen-bond acceptors (Lipinski definition) is 9. The minimum absolute atomic E-state index is 0.0539. The molecule has 0 aromatic carbocycles. The molecular weight excluding hydrogens is 448 g/mol. The van der Waals surface area contributed by atoms with Gasteiger partial charge in [-0.25, -0.2) is 4.79 Å². The molecule has 0 heterocycles. The number of carbonyl (C=O) groups is 6. The Morgan fingerprint density at radius 1 is 0.844 bits per heavy atom. The summed E-state index contributed by atoms with van der Waals surface area (Å²) in [4.78, 5) is 70.3. The Morgan fingerprint density at radius 3 is 1.75 bits per heavy atom. The van der Waals surface area contributed by atoms with Gasteiger partial charge in [0.1, 0.15) is 12.1 Å². The summed E-state index contributed by atoms with van der Waals surface area (Å²) in [5, 5.41) is 25.3. The third-order valence-electron chi connectivity index (χ3n) is 4.21. The molecule has 32 heavy (non-hydrogen) atoms. The molecule has 0 fully saturated rings. The second kappa shape index (κ2) is 14.2. The third-order valence-corrected chi connectivity index (χ3v) is 4.58. The maximum absolute atomic E-state index is 12.6. The van der Waals surface area contributed by atoms with Crippen molar-refractivity contribution < 1.29 is 39.0 Å². The van der Waals surface area contributed by atoms with E-state index < -0.39 is 65.8 Å². The first-order valence-electron chi connectivity index (χ1n) is 9.55. The van der Waals surface area contributed by atoms with Gasteiger partial charge in [0.05, 0.1) is 12.1 Å². The van der Waals surface area contributed by atoms with Gasteiger partial charge in [-0.15, -0.1) is 0 Å². The van der Waals surface area contributed by atoms with Crippen molar-refractivity contribution in [3.05, 3.63) is 0 Å². The van der Waals surface area contributed by atoms with E-state index in [4.69, 9.17) is 22.3 Å². The highest BCUT2D eigenvalue weighted by atomic mass is 32.1. The maximum atomic E-state index is 12.6. The normalized spacial score (nSPS) is 15.4. The van der Waals surface area contributed by atoms with Crippen molar-refractivity contribution in [3.8, 4) is 0 Å². The van der Waals surface area contributed by atoms with Crippen LogP contribution in [0.15, 0.2) is 0 Å². The van der Waals surface area contributed by atoms with Crippen LogP contribution in [0.5, 0.6) is 0 Å². The largest absolute Gasteiger partial charge is 0.480 e. The number of thiol groups is 1. The number of primary amides is 2. The summed E-state index contributed by atoms with van der Waals surface area (Å²) in [6.45, 7) is 1.14. The van der Waals surface area contributed by atoms with E-state index in [1.165, 1.54) is 0 Å². The van der Waals surface area contributed by atoms with Crippen molar-refractivity contribution >= 4 is 48.1 Å². The summed E-state index contributed by atoms with van der Waals surface area (Å²) in [7, 11) is 0. The second-order valence-electron chi connectivity index (χ2n) is 6.99. The SMILES string of the molecule is CC(O)C(NC(=O)C(CCC(N)=O)NC(=O)C(CS)NC(=O)C(N)CCC(N)=O)C(=O)O. The summed E-state index contributed by atoms with van der Waals surface area (Å²) in [6, 6.07) is -5.45. The number of amides is 5. The van der Waals surface area contributed by atoms with E-state index in [-0.39, 0.29) is 31.4 Å². The average molecular weight is 479 g/mol. The Labute approximate surface area is 189 Å². The van der Waals surface area contributed by atoms with Crippen LogP contribution < -0.4 is 33.2 Å². The summed E-state index contributed by atoms with van der Waals surface area (Å²) in [5.41, 5.74) is 15.7. The van der Waals surface area contributed by atoms with Crippen molar-refractivity contribution in [3.63, 3.8) is 0 Å². The molecule has 0 aliphatic rings. The molecule has 0 rings (SSSR count). The zero-order valence-electron chi connectivity index (χ0n) is 17.4. The van der Waals surface area contributed by atoms with Crippen LogP contribution in [0, 0.1) is 0 Å². The molecule has 5 unspecified atom stereocenters. The molecule has 5 atom stereocenters. The number of aliphatic carboxylic acids is 1. The first-order valence-corrected chi connectivity index (χ1v) is 10.2. The molecule has 0 bridgehead atoms. The van der Waals surface area contributed by atoms with Crippen LogP contribution in [-0.4, -0.2) is 81.7 Å². The molecule has 11 N–H and O–H groups in total. The van der Waals surface area contributed by atoms with Crippen LogP contribution >= 0.6 is 12.6 Å². The number of carbonyl (C=O) groups excluding carboxylic acids is 5. The van der Waals surface area contributed by atoms with Crippen molar-refractivity contribution in [2.75, 3.05) is 5.75 Å². The molecule has 0 saturated heterocycles. The molecular formula is C17H30N6O8S. The molecule has 0 aromatic rings. The Morgan fingerprint density at radius 2 is 1.31 bits per heavy atom. The number of nitrogens with two attached hydrogens (primary N) is 3. The standard InChI is InChI=1S/C17H30N6O8S/c1-7(24)13(17(30)31)23-15(28)9(3-5-12(20)26)21-16(29)10(6-32)22-14(27)8(18)2-4-11(19)25/h7-10,13,24,32H,2-6,18H2,1H3,(H2,19,25)(H2,20,26)(H,21,29)(H,22,27)(H,23,28)(H,30,31). The fourth-order valence-electron chi connectivity index (χ4n) is 2.37. The third kappa shape index (κ3) is 10.9. The number of nitrogens with one attached hydrogen (secondary N) is 3. The van der Waals surface area contributed by atoms with E-state index in [1.54, 1.807) is 0 Å². The summed E-state index contributed by atoms with van der Waals surface area (Å²) in [5.74, 6) is -5.77. The summed E-state index contributed by atoms with van der Waals surface area (Å²) in [6.07, 6.45) is -2.24. The number of carboxylic acids is 1. The zero-order valence-corrected chi connectivity index (χ0v) is 18.3. The highest BCUT2D eigenvalue weighted by molar-refractivity contribution is 7.80. The quantitative estimate of drug-likeness (QED) is 0.103. The van der Waals surface area contributed by atoms with Crippen molar-refractivity contribution in [1.82, 2.24) is 16.0 Å². The highest BCUT2D eigenvalue weighted by Crippen LogP contribution is 2.03. The lowest BCUT2D eigenvalue weighted by atomic mass is 10.1. The number of carboxylic acid groups (broad SMARTS) is 1. The topological polar surface area (TPSA) is 257 Å². The van der Waals surface area contributed by atoms with Gasteiger partial charge in [-0.05, 0) is 19.8 Å². The van der Waals surface area contributed by atoms with Crippen molar-refractivity contribution in [2.45, 2.75) is 62.9 Å². The number of rotatable bonds is 15. The van der Waals surface area contributed by atoms with E-state index in [2.05, 4.69) is 28.6 Å². The first kappa shape index (κ1) is 29.1. The predicted molar refractivity (Wildman–Crippen MR) is 114 cm³/mol. The van der Waals surface area contributed by atoms with Gasteiger partial charge in [-0.1, -0.05) is 0 Å². The van der Waals surface area contributed by atoms with Gasteiger partial charge in [0.25, 0.3) is 0 Å². The van der Waals surface area contributed by atoms with Crippen molar-refractivity contribution in [2.24, 2.45) is 17.2 Å². The van der Waals surface area contributed by atoms with Crippen LogP contribution in [0.2, 0.25) is 0 Å². The van der Waals surface area contributed by atoms with Gasteiger partial charge >= 0.3 is 5.97 Å². The van der Waals surface area contributed by atoms with Gasteiger partial charge in [0, 0.05) is 18.6 Å². The Balaban J connectivity index is 5.28. The summed E-state index contributed by atoms with van der Waals surface area (Å²) < 4.78 is 0. The number of aliphatic hydroxyl groups is 1. The minimum atomic E-state index is -1.67. The molecule has 15 heteroatoms. The van der Waals surface area contributed by atoms with Gasteiger partial charge in [0.2, 0.25) is 29.5 Å². The molecule has 0 saturated carbocycles. The van der Waals surface area contributed by atoms with E-state index in [1.807, 2.05) is 0 Å².